The molecule has 1 N–H and O–H groups in total. The molecule has 0 amide bonds. The molecular formula is C18H12O4. The van der Waals surface area contributed by atoms with E-state index in [1.54, 1.807) is 19.2 Å². The molecule has 0 radical (unpaired) electrons. The van der Waals surface area contributed by atoms with Crippen LogP contribution in [0.3, 0.4) is 0 Å². The molecule has 0 unspecified atom stereocenters. The molecule has 1 aromatic heterocycles. The van der Waals surface area contributed by atoms with Crippen LogP contribution in [0.2, 0.25) is 0 Å². The number of hydrogen-bond acceptors (Lipinski definition) is 4. The summed E-state index contributed by atoms with van der Waals surface area (Å²) < 4.78 is 11.0. The van der Waals surface area contributed by atoms with Crippen molar-refractivity contribution in [1.82, 2.24) is 0 Å². The Morgan fingerprint density at radius 2 is 1.73 bits per heavy atom. The zero-order valence-corrected chi connectivity index (χ0v) is 11.8. The molecule has 4 nitrogen and oxygen atoms in total. The topological polar surface area (TPSA) is 59.7 Å². The second-order valence-corrected chi connectivity index (χ2v) is 5.17. The smallest absolute Gasteiger partial charge is 0.200 e. The van der Waals surface area contributed by atoms with E-state index in [9.17, 15) is 9.90 Å². The zero-order chi connectivity index (χ0) is 15.3. The fourth-order valence-corrected chi connectivity index (χ4v) is 2.69. The first-order valence-corrected chi connectivity index (χ1v) is 6.83. The van der Waals surface area contributed by atoms with Gasteiger partial charge >= 0.3 is 0 Å². The van der Waals surface area contributed by atoms with E-state index in [0.29, 0.717) is 21.9 Å². The average molecular weight is 292 g/mol. The standard InChI is InChI=1S/C18H12O4/c1-21-13-4-2-10-7-14-17(8-11(10)6-13)22-16-5-3-12(19)9-15(16)18(14)20/h2-9,19H,1H3. The highest BCUT2D eigenvalue weighted by Gasteiger charge is 2.10. The molecule has 0 saturated carbocycles. The van der Waals surface area contributed by atoms with Crippen LogP contribution < -0.4 is 10.2 Å². The van der Waals surface area contributed by atoms with E-state index in [-0.39, 0.29) is 11.2 Å². The van der Waals surface area contributed by atoms with Gasteiger partial charge < -0.3 is 14.3 Å². The summed E-state index contributed by atoms with van der Waals surface area (Å²) in [4.78, 5) is 12.6. The number of benzene rings is 3. The molecule has 0 fully saturated rings. The normalized spacial score (nSPS) is 11.3. The van der Waals surface area contributed by atoms with Crippen LogP contribution in [0.4, 0.5) is 0 Å². The van der Waals surface area contributed by atoms with E-state index in [1.807, 2.05) is 24.3 Å². The fourth-order valence-electron chi connectivity index (χ4n) is 2.69. The van der Waals surface area contributed by atoms with Crippen LogP contribution in [-0.4, -0.2) is 12.2 Å². The Bertz CT molecular complexity index is 1090. The molecule has 4 heteroatoms. The number of phenols is 1. The molecule has 1 heterocycles. The maximum atomic E-state index is 12.6. The van der Waals surface area contributed by atoms with Crippen molar-refractivity contribution in [1.29, 1.82) is 0 Å². The van der Waals surface area contributed by atoms with E-state index in [4.69, 9.17) is 9.15 Å². The van der Waals surface area contributed by atoms with E-state index in [2.05, 4.69) is 0 Å². The zero-order valence-electron chi connectivity index (χ0n) is 11.8. The lowest BCUT2D eigenvalue weighted by atomic mass is 10.1. The molecule has 22 heavy (non-hydrogen) atoms. The minimum Gasteiger partial charge on any atom is -0.508 e. The summed E-state index contributed by atoms with van der Waals surface area (Å²) in [7, 11) is 1.61. The Labute approximate surface area is 125 Å². The van der Waals surface area contributed by atoms with Crippen molar-refractivity contribution < 1.29 is 14.3 Å². The highest BCUT2D eigenvalue weighted by Crippen LogP contribution is 2.27. The lowest BCUT2D eigenvalue weighted by molar-refractivity contribution is 0.415. The highest BCUT2D eigenvalue weighted by molar-refractivity contribution is 5.99. The van der Waals surface area contributed by atoms with Gasteiger partial charge in [-0.3, -0.25) is 4.79 Å². The molecule has 0 aliphatic carbocycles. The lowest BCUT2D eigenvalue weighted by Gasteiger charge is -2.06. The number of aromatic hydroxyl groups is 1. The summed E-state index contributed by atoms with van der Waals surface area (Å²) in [6.45, 7) is 0. The average Bonchev–Trinajstić information content (AvgIpc) is 2.54. The Hall–Kier alpha value is -3.01. The molecule has 0 atom stereocenters. The summed E-state index contributed by atoms with van der Waals surface area (Å²) in [6.07, 6.45) is 0. The third-order valence-electron chi connectivity index (χ3n) is 3.82. The largest absolute Gasteiger partial charge is 0.508 e. The number of fused-ring (bicyclic) bond motifs is 3. The van der Waals surface area contributed by atoms with E-state index in [0.717, 1.165) is 16.5 Å². The SMILES string of the molecule is COc1ccc2cc3c(=O)c4cc(O)ccc4oc3cc2c1. The molecule has 108 valence electrons. The molecular weight excluding hydrogens is 280 g/mol. The van der Waals surface area contributed by atoms with Crippen molar-refractivity contribution in [2.24, 2.45) is 0 Å². The first-order chi connectivity index (χ1) is 10.7. The maximum absolute atomic E-state index is 12.6. The van der Waals surface area contributed by atoms with E-state index >= 15 is 0 Å². The predicted molar refractivity (Wildman–Crippen MR) is 85.7 cm³/mol. The summed E-state index contributed by atoms with van der Waals surface area (Å²) in [5.41, 5.74) is 0.825. The van der Waals surface area contributed by atoms with Crippen LogP contribution in [0, 0.1) is 0 Å². The number of ether oxygens (including phenoxy) is 1. The van der Waals surface area contributed by atoms with E-state index < -0.39 is 0 Å². The second-order valence-electron chi connectivity index (χ2n) is 5.17. The van der Waals surface area contributed by atoms with Crippen molar-refractivity contribution in [3.63, 3.8) is 0 Å². The van der Waals surface area contributed by atoms with Crippen molar-refractivity contribution in [2.45, 2.75) is 0 Å². The molecule has 0 aliphatic rings. The molecule has 0 aliphatic heterocycles. The Morgan fingerprint density at radius 3 is 2.55 bits per heavy atom. The van der Waals surface area contributed by atoms with Gasteiger partial charge in [0.2, 0.25) is 5.43 Å². The van der Waals surface area contributed by atoms with Gasteiger partial charge in [-0.05, 0) is 53.2 Å². The van der Waals surface area contributed by atoms with Crippen molar-refractivity contribution >= 4 is 32.7 Å². The van der Waals surface area contributed by atoms with E-state index in [1.165, 1.54) is 12.1 Å². The van der Waals surface area contributed by atoms with Crippen molar-refractivity contribution in [3.8, 4) is 11.5 Å². The van der Waals surface area contributed by atoms with Gasteiger partial charge in [-0.1, -0.05) is 6.07 Å². The van der Waals surface area contributed by atoms with Crippen molar-refractivity contribution in [3.05, 3.63) is 58.8 Å². The molecule has 4 aromatic rings. The van der Waals surface area contributed by atoms with Crippen LogP contribution in [-0.2, 0) is 0 Å². The number of methoxy groups -OCH3 is 1. The van der Waals surface area contributed by atoms with Gasteiger partial charge in [0.1, 0.15) is 22.7 Å². The van der Waals surface area contributed by atoms with Crippen LogP contribution in [0.1, 0.15) is 0 Å². The third kappa shape index (κ3) is 1.81. The summed E-state index contributed by atoms with van der Waals surface area (Å²) in [6, 6.07) is 13.8. The third-order valence-corrected chi connectivity index (χ3v) is 3.82. The number of hydrogen-bond donors (Lipinski definition) is 1. The molecule has 0 bridgehead atoms. The van der Waals surface area contributed by atoms with Gasteiger partial charge in [-0.25, -0.2) is 0 Å². The Kier molecular flexibility index (Phi) is 2.60. The predicted octanol–water partition coefficient (Wildman–Crippen LogP) is 3.81. The quantitative estimate of drug-likeness (QED) is 0.542. The first-order valence-electron chi connectivity index (χ1n) is 6.83. The van der Waals surface area contributed by atoms with Crippen LogP contribution in [0.15, 0.2) is 57.7 Å². The summed E-state index contributed by atoms with van der Waals surface area (Å²) in [5, 5.41) is 12.3. The van der Waals surface area contributed by atoms with Gasteiger partial charge in [0, 0.05) is 0 Å². The maximum Gasteiger partial charge on any atom is 0.200 e. The van der Waals surface area contributed by atoms with Crippen LogP contribution in [0.5, 0.6) is 11.5 Å². The molecule has 4 rings (SSSR count). The van der Waals surface area contributed by atoms with Gasteiger partial charge in [0.25, 0.3) is 0 Å². The van der Waals surface area contributed by atoms with Crippen LogP contribution in [0.25, 0.3) is 32.7 Å². The Morgan fingerprint density at radius 1 is 0.909 bits per heavy atom. The number of rotatable bonds is 1. The minimum atomic E-state index is -0.148. The van der Waals surface area contributed by atoms with Gasteiger partial charge in [-0.2, -0.15) is 0 Å². The highest BCUT2D eigenvalue weighted by atomic mass is 16.5. The van der Waals surface area contributed by atoms with Gasteiger partial charge in [0.15, 0.2) is 0 Å². The van der Waals surface area contributed by atoms with Crippen LogP contribution >= 0.6 is 0 Å². The summed E-state index contributed by atoms with van der Waals surface area (Å²) in [5.74, 6) is 0.796. The Balaban J connectivity index is 2.16. The van der Waals surface area contributed by atoms with Gasteiger partial charge in [-0.15, -0.1) is 0 Å². The molecule has 3 aromatic carbocycles. The molecule has 0 saturated heterocycles. The minimum absolute atomic E-state index is 0.0460. The monoisotopic (exact) mass is 292 g/mol. The lowest BCUT2D eigenvalue weighted by Crippen LogP contribution is -2.01. The molecule has 0 spiro atoms. The second kappa shape index (κ2) is 4.49. The first kappa shape index (κ1) is 12.7. The summed E-state index contributed by atoms with van der Waals surface area (Å²) >= 11 is 0. The fraction of sp³-hybridized carbons (Fsp3) is 0.0556. The number of phenolic OH excluding ortho intramolecular Hbond substituents is 1. The van der Waals surface area contributed by atoms with Gasteiger partial charge in [0.05, 0.1) is 17.9 Å². The van der Waals surface area contributed by atoms with Crippen molar-refractivity contribution in [2.75, 3.05) is 7.11 Å².